The summed E-state index contributed by atoms with van der Waals surface area (Å²) in [6.45, 7) is 5.81. The third-order valence-electron chi connectivity index (χ3n) is 2.99. The summed E-state index contributed by atoms with van der Waals surface area (Å²) in [6.07, 6.45) is 0.564. The highest BCUT2D eigenvalue weighted by molar-refractivity contribution is 5.77. The molecule has 0 saturated carbocycles. The van der Waals surface area contributed by atoms with Gasteiger partial charge in [-0.25, -0.2) is 0 Å². The first-order valence-corrected chi connectivity index (χ1v) is 5.39. The van der Waals surface area contributed by atoms with Crippen molar-refractivity contribution in [3.8, 4) is 5.75 Å². The van der Waals surface area contributed by atoms with Crippen LogP contribution in [0.1, 0.15) is 36.0 Å². The van der Waals surface area contributed by atoms with Crippen LogP contribution < -0.4 is 4.74 Å². The van der Waals surface area contributed by atoms with Crippen LogP contribution in [0.3, 0.4) is 0 Å². The lowest BCUT2D eigenvalue weighted by atomic mass is 9.92. The number of carboxylic acids is 1. The van der Waals surface area contributed by atoms with E-state index in [0.29, 0.717) is 12.2 Å². The summed E-state index contributed by atoms with van der Waals surface area (Å²) < 4.78 is 5.33. The standard InChI is InChI=1S/C13H18O3/c1-5-10(13(14)15)11-7-6-8(2)9(3)12(11)16-4/h6-7,10H,5H2,1-4H3,(H,14,15). The minimum atomic E-state index is -0.802. The van der Waals surface area contributed by atoms with Crippen molar-refractivity contribution in [3.05, 3.63) is 28.8 Å². The molecule has 1 aromatic rings. The molecular formula is C13H18O3. The SMILES string of the molecule is CCC(C(=O)O)c1ccc(C)c(C)c1OC. The average molecular weight is 222 g/mol. The number of methoxy groups -OCH3 is 1. The van der Waals surface area contributed by atoms with Crippen LogP contribution in [0.5, 0.6) is 5.75 Å². The molecule has 1 N–H and O–H groups in total. The van der Waals surface area contributed by atoms with Gasteiger partial charge in [0.2, 0.25) is 0 Å². The van der Waals surface area contributed by atoms with Crippen LogP contribution in [0, 0.1) is 13.8 Å². The smallest absolute Gasteiger partial charge is 0.311 e. The molecule has 0 aromatic heterocycles. The number of ether oxygens (including phenoxy) is 1. The molecule has 0 spiro atoms. The second-order valence-electron chi connectivity index (χ2n) is 3.93. The molecule has 0 radical (unpaired) electrons. The highest BCUT2D eigenvalue weighted by Crippen LogP contribution is 2.33. The van der Waals surface area contributed by atoms with Crippen molar-refractivity contribution in [1.29, 1.82) is 0 Å². The molecule has 0 amide bonds. The van der Waals surface area contributed by atoms with Crippen molar-refractivity contribution in [2.75, 3.05) is 7.11 Å². The Morgan fingerprint density at radius 1 is 1.44 bits per heavy atom. The Kier molecular flexibility index (Phi) is 3.93. The Morgan fingerprint density at radius 3 is 2.50 bits per heavy atom. The third kappa shape index (κ3) is 2.18. The third-order valence-corrected chi connectivity index (χ3v) is 2.99. The van der Waals surface area contributed by atoms with Gasteiger partial charge in [0.05, 0.1) is 13.0 Å². The quantitative estimate of drug-likeness (QED) is 0.852. The first kappa shape index (κ1) is 12.6. The van der Waals surface area contributed by atoms with Crippen LogP contribution >= 0.6 is 0 Å². The monoisotopic (exact) mass is 222 g/mol. The highest BCUT2D eigenvalue weighted by Gasteiger charge is 2.22. The maximum Gasteiger partial charge on any atom is 0.311 e. The normalized spacial score (nSPS) is 12.2. The molecule has 0 fully saturated rings. The fraction of sp³-hybridized carbons (Fsp3) is 0.462. The maximum atomic E-state index is 11.1. The first-order valence-electron chi connectivity index (χ1n) is 5.39. The Labute approximate surface area is 96.1 Å². The van der Waals surface area contributed by atoms with Crippen LogP contribution in [0.2, 0.25) is 0 Å². The Morgan fingerprint density at radius 2 is 2.06 bits per heavy atom. The van der Waals surface area contributed by atoms with Crippen LogP contribution in [0.4, 0.5) is 0 Å². The number of carbonyl (C=O) groups is 1. The molecule has 0 aliphatic carbocycles. The van der Waals surface area contributed by atoms with Gasteiger partial charge in [-0.3, -0.25) is 4.79 Å². The van der Waals surface area contributed by atoms with Crippen LogP contribution in [0.25, 0.3) is 0 Å². The molecule has 1 atom stereocenters. The summed E-state index contributed by atoms with van der Waals surface area (Å²) in [6, 6.07) is 3.79. The van der Waals surface area contributed by atoms with Crippen LogP contribution in [-0.4, -0.2) is 18.2 Å². The molecule has 0 aliphatic heterocycles. The Hall–Kier alpha value is -1.51. The molecule has 16 heavy (non-hydrogen) atoms. The zero-order chi connectivity index (χ0) is 12.3. The summed E-state index contributed by atoms with van der Waals surface area (Å²) in [5, 5.41) is 9.15. The van der Waals surface area contributed by atoms with E-state index >= 15 is 0 Å². The number of rotatable bonds is 4. The topological polar surface area (TPSA) is 46.5 Å². The zero-order valence-electron chi connectivity index (χ0n) is 10.2. The van der Waals surface area contributed by atoms with Gasteiger partial charge in [0.15, 0.2) is 0 Å². The summed E-state index contributed by atoms with van der Waals surface area (Å²) >= 11 is 0. The van der Waals surface area contributed by atoms with E-state index in [-0.39, 0.29) is 0 Å². The van der Waals surface area contributed by atoms with Crippen molar-refractivity contribution in [3.63, 3.8) is 0 Å². The van der Waals surface area contributed by atoms with Gasteiger partial charge < -0.3 is 9.84 Å². The lowest BCUT2D eigenvalue weighted by molar-refractivity contribution is -0.138. The molecular weight excluding hydrogens is 204 g/mol. The largest absolute Gasteiger partial charge is 0.496 e. The number of carboxylic acid groups (broad SMARTS) is 1. The molecule has 1 aromatic carbocycles. The summed E-state index contributed by atoms with van der Waals surface area (Å²) in [5.41, 5.74) is 2.89. The highest BCUT2D eigenvalue weighted by atomic mass is 16.5. The fourth-order valence-electron chi connectivity index (χ4n) is 1.88. The molecule has 88 valence electrons. The van der Waals surface area contributed by atoms with Crippen molar-refractivity contribution in [2.45, 2.75) is 33.1 Å². The van der Waals surface area contributed by atoms with Gasteiger partial charge in [-0.2, -0.15) is 0 Å². The molecule has 0 heterocycles. The molecule has 1 rings (SSSR count). The predicted molar refractivity (Wildman–Crippen MR) is 63.1 cm³/mol. The van der Waals surface area contributed by atoms with Crippen molar-refractivity contribution >= 4 is 5.97 Å². The predicted octanol–water partition coefficient (Wildman–Crippen LogP) is 2.89. The first-order chi connectivity index (χ1) is 7.52. The van der Waals surface area contributed by atoms with Crippen LogP contribution in [-0.2, 0) is 4.79 Å². The lowest BCUT2D eigenvalue weighted by Gasteiger charge is -2.17. The van der Waals surface area contributed by atoms with Gasteiger partial charge in [-0.15, -0.1) is 0 Å². The van der Waals surface area contributed by atoms with Crippen molar-refractivity contribution in [2.24, 2.45) is 0 Å². The van der Waals surface area contributed by atoms with Crippen molar-refractivity contribution < 1.29 is 14.6 Å². The van der Waals surface area contributed by atoms with Gasteiger partial charge in [0.1, 0.15) is 5.75 Å². The molecule has 0 saturated heterocycles. The minimum Gasteiger partial charge on any atom is -0.496 e. The van der Waals surface area contributed by atoms with E-state index in [2.05, 4.69) is 0 Å². The van der Waals surface area contributed by atoms with Gasteiger partial charge in [-0.1, -0.05) is 19.1 Å². The van der Waals surface area contributed by atoms with Gasteiger partial charge in [0.25, 0.3) is 0 Å². The zero-order valence-corrected chi connectivity index (χ0v) is 10.2. The van der Waals surface area contributed by atoms with E-state index in [1.54, 1.807) is 7.11 Å². The van der Waals surface area contributed by atoms with E-state index in [1.807, 2.05) is 32.9 Å². The van der Waals surface area contributed by atoms with Gasteiger partial charge >= 0.3 is 5.97 Å². The molecule has 1 unspecified atom stereocenters. The van der Waals surface area contributed by atoms with Crippen molar-refractivity contribution in [1.82, 2.24) is 0 Å². The number of hydrogen-bond acceptors (Lipinski definition) is 2. The van der Waals surface area contributed by atoms with E-state index < -0.39 is 11.9 Å². The molecule has 0 bridgehead atoms. The second kappa shape index (κ2) is 5.01. The van der Waals surface area contributed by atoms with Gasteiger partial charge in [0, 0.05) is 5.56 Å². The average Bonchev–Trinajstić information content (AvgIpc) is 2.24. The number of benzene rings is 1. The minimum absolute atomic E-state index is 0.491. The number of aryl methyl sites for hydroxylation is 1. The molecule has 3 heteroatoms. The van der Waals surface area contributed by atoms with E-state index in [1.165, 1.54) is 0 Å². The van der Waals surface area contributed by atoms with E-state index in [9.17, 15) is 4.79 Å². The van der Waals surface area contributed by atoms with Crippen LogP contribution in [0.15, 0.2) is 12.1 Å². The van der Waals surface area contributed by atoms with E-state index in [4.69, 9.17) is 9.84 Å². The maximum absolute atomic E-state index is 11.1. The second-order valence-corrected chi connectivity index (χ2v) is 3.93. The summed E-state index contributed by atoms with van der Waals surface area (Å²) in [5.74, 6) is -0.590. The summed E-state index contributed by atoms with van der Waals surface area (Å²) in [7, 11) is 1.58. The van der Waals surface area contributed by atoms with E-state index in [0.717, 1.165) is 16.7 Å². The number of aliphatic carboxylic acids is 1. The Bertz CT molecular complexity index is 396. The molecule has 0 aliphatic rings. The summed E-state index contributed by atoms with van der Waals surface area (Å²) in [4.78, 5) is 11.1. The fourth-order valence-corrected chi connectivity index (χ4v) is 1.88. The number of hydrogen-bond donors (Lipinski definition) is 1. The Balaban J connectivity index is 3.32. The lowest BCUT2D eigenvalue weighted by Crippen LogP contribution is -2.12. The molecule has 3 nitrogen and oxygen atoms in total. The van der Waals surface area contributed by atoms with Gasteiger partial charge in [-0.05, 0) is 31.4 Å².